The van der Waals surface area contributed by atoms with Gasteiger partial charge in [0.15, 0.2) is 5.16 Å². The van der Waals surface area contributed by atoms with E-state index in [4.69, 9.17) is 0 Å². The summed E-state index contributed by atoms with van der Waals surface area (Å²) in [4.78, 5) is 30.0. The molecule has 0 saturated carbocycles. The first kappa shape index (κ1) is 15.3. The van der Waals surface area contributed by atoms with Gasteiger partial charge in [0.2, 0.25) is 5.91 Å². The van der Waals surface area contributed by atoms with Crippen molar-refractivity contribution in [1.82, 2.24) is 15.3 Å². The molecule has 0 aliphatic heterocycles. The van der Waals surface area contributed by atoms with Gasteiger partial charge in [0.25, 0.3) is 5.56 Å². The van der Waals surface area contributed by atoms with E-state index in [1.54, 1.807) is 7.05 Å². The molecule has 1 aromatic carbocycles. The Hall–Kier alpha value is -2.08. The molecular weight excluding hydrogens is 286 g/mol. The Morgan fingerprint density at radius 3 is 2.86 bits per heavy atom. The first-order chi connectivity index (χ1) is 10.1. The molecule has 2 aromatic rings. The Morgan fingerprint density at radius 1 is 1.38 bits per heavy atom. The molecule has 21 heavy (non-hydrogen) atoms. The van der Waals surface area contributed by atoms with Crippen LogP contribution in [0.2, 0.25) is 0 Å². The minimum atomic E-state index is -0.240. The molecule has 0 bridgehead atoms. The van der Waals surface area contributed by atoms with Crippen LogP contribution in [-0.4, -0.2) is 22.9 Å². The smallest absolute Gasteiger partial charge is 0.251 e. The van der Waals surface area contributed by atoms with Crippen molar-refractivity contribution >= 4 is 17.7 Å². The van der Waals surface area contributed by atoms with Gasteiger partial charge in [-0.15, -0.1) is 0 Å². The van der Waals surface area contributed by atoms with E-state index in [-0.39, 0.29) is 17.9 Å². The second kappa shape index (κ2) is 7.08. The van der Waals surface area contributed by atoms with E-state index in [0.717, 1.165) is 5.75 Å². The summed E-state index contributed by atoms with van der Waals surface area (Å²) in [6.07, 6.45) is 0.109. The number of aromatic nitrogens is 2. The summed E-state index contributed by atoms with van der Waals surface area (Å²) >= 11 is 1.45. The molecular formula is C15H17N3O2S. The number of nitrogens with one attached hydrogen (secondary N) is 2. The molecule has 0 unspecified atom stereocenters. The first-order valence-corrected chi connectivity index (χ1v) is 7.55. The average Bonchev–Trinajstić information content (AvgIpc) is 2.45. The molecule has 1 heterocycles. The molecule has 0 saturated heterocycles. The third-order valence-corrected chi connectivity index (χ3v) is 3.94. The van der Waals surface area contributed by atoms with Gasteiger partial charge in [-0.05, 0) is 18.1 Å². The molecule has 0 radical (unpaired) electrons. The summed E-state index contributed by atoms with van der Waals surface area (Å²) in [7, 11) is 1.56. The van der Waals surface area contributed by atoms with Crippen LogP contribution in [0.25, 0.3) is 0 Å². The quantitative estimate of drug-likeness (QED) is 0.651. The Labute approximate surface area is 127 Å². The van der Waals surface area contributed by atoms with Crippen molar-refractivity contribution in [3.8, 4) is 0 Å². The van der Waals surface area contributed by atoms with Crippen LogP contribution < -0.4 is 10.9 Å². The fourth-order valence-corrected chi connectivity index (χ4v) is 2.78. The van der Waals surface area contributed by atoms with E-state index >= 15 is 0 Å². The van der Waals surface area contributed by atoms with E-state index in [0.29, 0.717) is 10.9 Å². The third kappa shape index (κ3) is 4.46. The lowest BCUT2D eigenvalue weighted by atomic mass is 10.1. The number of thioether (sulfide) groups is 1. The number of carbonyl (C=O) groups excluding carboxylic acids is 1. The van der Waals surface area contributed by atoms with Crippen molar-refractivity contribution in [2.24, 2.45) is 0 Å². The van der Waals surface area contributed by atoms with E-state index in [1.807, 2.05) is 25.1 Å². The lowest BCUT2D eigenvalue weighted by Crippen LogP contribution is -2.22. The number of benzene rings is 1. The predicted molar refractivity (Wildman–Crippen MR) is 83.4 cm³/mol. The highest BCUT2D eigenvalue weighted by molar-refractivity contribution is 7.98. The average molecular weight is 303 g/mol. The summed E-state index contributed by atoms with van der Waals surface area (Å²) in [5, 5.41) is 3.05. The number of nitrogens with zero attached hydrogens (tertiary/aromatic N) is 1. The van der Waals surface area contributed by atoms with E-state index < -0.39 is 0 Å². The maximum absolute atomic E-state index is 11.6. The topological polar surface area (TPSA) is 74.8 Å². The normalized spacial score (nSPS) is 10.4. The van der Waals surface area contributed by atoms with Gasteiger partial charge in [0, 0.05) is 18.9 Å². The molecule has 1 amide bonds. The molecule has 2 rings (SSSR count). The van der Waals surface area contributed by atoms with Crippen molar-refractivity contribution in [3.63, 3.8) is 0 Å². The first-order valence-electron chi connectivity index (χ1n) is 6.56. The molecule has 5 nitrogen and oxygen atoms in total. The summed E-state index contributed by atoms with van der Waals surface area (Å²) in [6, 6.07) is 9.44. The molecule has 2 N–H and O–H groups in total. The monoisotopic (exact) mass is 303 g/mol. The molecule has 0 atom stereocenters. The van der Waals surface area contributed by atoms with Crippen LogP contribution >= 0.6 is 11.8 Å². The van der Waals surface area contributed by atoms with Crippen LogP contribution in [-0.2, 0) is 17.0 Å². The van der Waals surface area contributed by atoms with Crippen LogP contribution in [0.5, 0.6) is 0 Å². The van der Waals surface area contributed by atoms with Crippen molar-refractivity contribution < 1.29 is 4.79 Å². The zero-order chi connectivity index (χ0) is 15.2. The van der Waals surface area contributed by atoms with Gasteiger partial charge in [0.05, 0.1) is 12.1 Å². The Morgan fingerprint density at radius 2 is 2.14 bits per heavy atom. The molecule has 1 aromatic heterocycles. The van der Waals surface area contributed by atoms with Gasteiger partial charge in [-0.2, -0.15) is 0 Å². The fraction of sp³-hybridized carbons (Fsp3) is 0.267. The van der Waals surface area contributed by atoms with Gasteiger partial charge >= 0.3 is 0 Å². The maximum Gasteiger partial charge on any atom is 0.251 e. The second-order valence-electron chi connectivity index (χ2n) is 4.61. The van der Waals surface area contributed by atoms with Gasteiger partial charge in [0.1, 0.15) is 0 Å². The largest absolute Gasteiger partial charge is 0.359 e. The van der Waals surface area contributed by atoms with Crippen molar-refractivity contribution in [3.05, 3.63) is 57.5 Å². The molecule has 0 spiro atoms. The van der Waals surface area contributed by atoms with Crippen molar-refractivity contribution in [1.29, 1.82) is 0 Å². The number of amides is 1. The molecule has 0 fully saturated rings. The summed E-state index contributed by atoms with van der Waals surface area (Å²) in [5.74, 6) is 0.557. The Kier molecular flexibility index (Phi) is 5.16. The van der Waals surface area contributed by atoms with Crippen LogP contribution in [0.15, 0.2) is 40.3 Å². The van der Waals surface area contributed by atoms with Gasteiger partial charge in [-0.25, -0.2) is 4.98 Å². The number of rotatable bonds is 5. The summed E-state index contributed by atoms with van der Waals surface area (Å²) in [6.45, 7) is 2.05. The molecule has 6 heteroatoms. The lowest BCUT2D eigenvalue weighted by Gasteiger charge is -2.06. The number of aromatic amines is 1. The van der Waals surface area contributed by atoms with Gasteiger partial charge < -0.3 is 10.3 Å². The van der Waals surface area contributed by atoms with Gasteiger partial charge in [-0.1, -0.05) is 36.0 Å². The molecule has 0 aliphatic carbocycles. The zero-order valence-electron chi connectivity index (χ0n) is 12.0. The fourth-order valence-electron chi connectivity index (χ4n) is 1.81. The summed E-state index contributed by atoms with van der Waals surface area (Å²) in [5.41, 5.74) is 2.64. The van der Waals surface area contributed by atoms with Gasteiger partial charge in [-0.3, -0.25) is 9.59 Å². The minimum Gasteiger partial charge on any atom is -0.359 e. The number of hydrogen-bond donors (Lipinski definition) is 2. The zero-order valence-corrected chi connectivity index (χ0v) is 12.8. The maximum atomic E-state index is 11.6. The predicted octanol–water partition coefficient (Wildman–Crippen LogP) is 1.66. The lowest BCUT2D eigenvalue weighted by molar-refractivity contribution is -0.120. The van der Waals surface area contributed by atoms with E-state index in [1.165, 1.54) is 29.0 Å². The van der Waals surface area contributed by atoms with Crippen LogP contribution in [0, 0.1) is 6.92 Å². The van der Waals surface area contributed by atoms with Crippen molar-refractivity contribution in [2.75, 3.05) is 7.05 Å². The van der Waals surface area contributed by atoms with Crippen LogP contribution in [0.3, 0.4) is 0 Å². The molecule has 110 valence electrons. The summed E-state index contributed by atoms with van der Waals surface area (Å²) < 4.78 is 0. The number of aryl methyl sites for hydroxylation is 1. The number of likely N-dealkylation sites (N-methyl/N-ethyl adjacent to an activating group) is 1. The highest BCUT2D eigenvalue weighted by Gasteiger charge is 2.07. The Balaban J connectivity index is 2.11. The second-order valence-corrected chi connectivity index (χ2v) is 5.57. The van der Waals surface area contributed by atoms with E-state index in [9.17, 15) is 9.59 Å². The number of hydrogen-bond acceptors (Lipinski definition) is 4. The number of carbonyl (C=O) groups is 1. The Bertz CT molecular complexity index is 697. The highest BCUT2D eigenvalue weighted by Crippen LogP contribution is 2.20. The minimum absolute atomic E-state index is 0.109. The standard InChI is InChI=1S/C15H17N3O2S/c1-10-5-3-4-6-11(10)9-21-15-17-12(7-13(19)16-2)8-14(20)18-15/h3-6,8H,7,9H2,1-2H3,(H,16,19)(H,17,18,20). The number of H-pyrrole nitrogens is 1. The van der Waals surface area contributed by atoms with Crippen LogP contribution in [0.4, 0.5) is 0 Å². The molecule has 0 aliphatic rings. The van der Waals surface area contributed by atoms with Crippen LogP contribution in [0.1, 0.15) is 16.8 Å². The third-order valence-electron chi connectivity index (χ3n) is 3.02. The van der Waals surface area contributed by atoms with E-state index in [2.05, 4.69) is 21.4 Å². The van der Waals surface area contributed by atoms with Crippen molar-refractivity contribution in [2.45, 2.75) is 24.3 Å². The highest BCUT2D eigenvalue weighted by atomic mass is 32.2. The SMILES string of the molecule is CNC(=O)Cc1cc(=O)[nH]c(SCc2ccccc2C)n1.